The van der Waals surface area contributed by atoms with Crippen molar-refractivity contribution in [2.45, 2.75) is 25.7 Å². The molecule has 3 N–H and O–H groups in total. The number of carbonyl (C=O) groups excluding carboxylic acids is 1. The lowest BCUT2D eigenvalue weighted by Crippen LogP contribution is -2.11. The summed E-state index contributed by atoms with van der Waals surface area (Å²) in [6, 6.07) is 23.0. The van der Waals surface area contributed by atoms with Gasteiger partial charge in [-0.2, -0.15) is 5.26 Å². The minimum atomic E-state index is -0.207. The third-order valence-corrected chi connectivity index (χ3v) is 5.96. The van der Waals surface area contributed by atoms with E-state index in [0.717, 1.165) is 37.1 Å². The number of nitriles is 1. The zero-order valence-electron chi connectivity index (χ0n) is 17.1. The lowest BCUT2D eigenvalue weighted by atomic mass is 9.98. The van der Waals surface area contributed by atoms with E-state index >= 15 is 0 Å². The number of rotatable bonds is 4. The number of para-hydroxylation sites is 1. The number of H-pyrrole nitrogens is 1. The molecule has 2 aromatic heterocycles. The molecule has 31 heavy (non-hydrogen) atoms. The average molecular weight is 406 g/mol. The van der Waals surface area contributed by atoms with Crippen LogP contribution in [0.1, 0.15) is 45.7 Å². The molecule has 0 radical (unpaired) electrons. The highest BCUT2D eigenvalue weighted by molar-refractivity contribution is 6.13. The van der Waals surface area contributed by atoms with Crippen LogP contribution < -0.4 is 5.73 Å². The summed E-state index contributed by atoms with van der Waals surface area (Å²) in [5.74, 6) is -0.207. The Labute approximate surface area is 180 Å². The summed E-state index contributed by atoms with van der Waals surface area (Å²) < 4.78 is 1.83. The molecular weight excluding hydrogens is 384 g/mol. The first-order valence-corrected chi connectivity index (χ1v) is 10.5. The van der Waals surface area contributed by atoms with Crippen LogP contribution in [-0.2, 0) is 12.8 Å². The molecular formula is C26H22N4O. The Morgan fingerprint density at radius 3 is 2.35 bits per heavy atom. The van der Waals surface area contributed by atoms with Gasteiger partial charge in [0.2, 0.25) is 5.78 Å². The van der Waals surface area contributed by atoms with E-state index in [1.54, 1.807) is 12.1 Å². The van der Waals surface area contributed by atoms with E-state index < -0.39 is 0 Å². The molecule has 2 aromatic carbocycles. The van der Waals surface area contributed by atoms with Crippen LogP contribution in [-0.4, -0.2) is 15.3 Å². The van der Waals surface area contributed by atoms with Crippen molar-refractivity contribution in [2.24, 2.45) is 0 Å². The van der Waals surface area contributed by atoms with Gasteiger partial charge < -0.3 is 15.3 Å². The molecule has 0 aliphatic heterocycles. The molecule has 5 nitrogen and oxygen atoms in total. The van der Waals surface area contributed by atoms with Gasteiger partial charge >= 0.3 is 0 Å². The second kappa shape index (κ2) is 7.66. The van der Waals surface area contributed by atoms with Crippen molar-refractivity contribution in [3.63, 3.8) is 0 Å². The van der Waals surface area contributed by atoms with E-state index in [9.17, 15) is 10.1 Å². The molecule has 0 saturated heterocycles. The average Bonchev–Trinajstić information content (AvgIpc) is 3.38. The SMILES string of the molecule is N#Cc1c(N)c(C(=O)c2ccccc2)n(-c2ccccc2)c1-c1cc2c([nH]1)CCCC2. The van der Waals surface area contributed by atoms with Crippen molar-refractivity contribution in [3.8, 4) is 23.1 Å². The second-order valence-corrected chi connectivity index (χ2v) is 7.86. The number of aromatic nitrogens is 2. The summed E-state index contributed by atoms with van der Waals surface area (Å²) >= 11 is 0. The third-order valence-electron chi connectivity index (χ3n) is 5.96. The molecule has 0 amide bonds. The molecule has 0 fully saturated rings. The fourth-order valence-corrected chi connectivity index (χ4v) is 4.47. The molecule has 5 rings (SSSR count). The minimum Gasteiger partial charge on any atom is -0.396 e. The van der Waals surface area contributed by atoms with Crippen LogP contribution in [0.4, 0.5) is 5.69 Å². The topological polar surface area (TPSA) is 87.6 Å². The van der Waals surface area contributed by atoms with E-state index in [1.165, 1.54) is 11.3 Å². The van der Waals surface area contributed by atoms with Gasteiger partial charge in [0, 0.05) is 16.9 Å². The molecule has 2 heterocycles. The Bertz CT molecular complexity index is 1280. The molecule has 0 spiro atoms. The first-order chi connectivity index (χ1) is 15.2. The molecule has 0 atom stereocenters. The predicted molar refractivity (Wildman–Crippen MR) is 121 cm³/mol. The zero-order chi connectivity index (χ0) is 21.4. The third kappa shape index (κ3) is 3.13. The number of aryl methyl sites for hydroxylation is 2. The number of nitrogens with one attached hydrogen (secondary N) is 1. The molecule has 1 aliphatic carbocycles. The maximum absolute atomic E-state index is 13.5. The number of benzene rings is 2. The number of carbonyl (C=O) groups is 1. The summed E-state index contributed by atoms with van der Waals surface area (Å²) in [5, 5.41) is 10.0. The van der Waals surface area contributed by atoms with Gasteiger partial charge in [-0.15, -0.1) is 0 Å². The van der Waals surface area contributed by atoms with Gasteiger partial charge in [0.1, 0.15) is 17.3 Å². The monoisotopic (exact) mass is 406 g/mol. The molecule has 152 valence electrons. The van der Waals surface area contributed by atoms with E-state index in [4.69, 9.17) is 5.73 Å². The van der Waals surface area contributed by atoms with E-state index in [-0.39, 0.29) is 11.5 Å². The van der Waals surface area contributed by atoms with Gasteiger partial charge in [-0.3, -0.25) is 4.79 Å². The van der Waals surface area contributed by atoms with Gasteiger partial charge in [0.25, 0.3) is 0 Å². The standard InChI is InChI=1S/C26H22N4O/c27-16-20-23(28)25(26(31)17-9-3-1-4-10-17)30(19-12-5-2-6-13-19)24(20)22-15-18-11-7-8-14-21(18)29-22/h1-6,9-10,12-13,15,29H,7-8,11,14,28H2. The summed E-state index contributed by atoms with van der Waals surface area (Å²) in [5.41, 5.74) is 12.6. The number of hydrogen-bond donors (Lipinski definition) is 2. The molecule has 4 aromatic rings. The predicted octanol–water partition coefficient (Wildman–Crippen LogP) is 5.04. The highest BCUT2D eigenvalue weighted by Gasteiger charge is 2.29. The molecule has 5 heteroatoms. The summed E-state index contributed by atoms with van der Waals surface area (Å²) in [6.45, 7) is 0. The van der Waals surface area contributed by atoms with Crippen LogP contribution in [0.3, 0.4) is 0 Å². The van der Waals surface area contributed by atoms with Crippen molar-refractivity contribution in [1.82, 2.24) is 9.55 Å². The van der Waals surface area contributed by atoms with Crippen LogP contribution in [0.25, 0.3) is 17.1 Å². The molecule has 0 bridgehead atoms. The molecule has 0 saturated carbocycles. The van der Waals surface area contributed by atoms with Gasteiger partial charge in [-0.1, -0.05) is 48.5 Å². The van der Waals surface area contributed by atoms with Crippen molar-refractivity contribution >= 4 is 11.5 Å². The maximum Gasteiger partial charge on any atom is 0.211 e. The van der Waals surface area contributed by atoms with Gasteiger partial charge in [0.05, 0.1) is 17.1 Å². The Balaban J connectivity index is 1.81. The minimum absolute atomic E-state index is 0.207. The van der Waals surface area contributed by atoms with E-state index in [2.05, 4.69) is 17.1 Å². The zero-order valence-corrected chi connectivity index (χ0v) is 17.1. The number of hydrogen-bond acceptors (Lipinski definition) is 3. The lowest BCUT2D eigenvalue weighted by Gasteiger charge is -2.13. The normalized spacial score (nSPS) is 12.9. The highest BCUT2D eigenvalue weighted by atomic mass is 16.1. The lowest BCUT2D eigenvalue weighted by molar-refractivity contribution is 0.103. The quantitative estimate of drug-likeness (QED) is 0.466. The van der Waals surface area contributed by atoms with Gasteiger partial charge in [-0.05, 0) is 49.4 Å². The second-order valence-electron chi connectivity index (χ2n) is 7.86. The van der Waals surface area contributed by atoms with Gasteiger partial charge in [-0.25, -0.2) is 0 Å². The number of aromatic amines is 1. The number of fused-ring (bicyclic) bond motifs is 1. The Morgan fingerprint density at radius 1 is 1.00 bits per heavy atom. The Hall–Kier alpha value is -4.04. The number of ketones is 1. The Morgan fingerprint density at radius 2 is 1.68 bits per heavy atom. The van der Waals surface area contributed by atoms with Crippen molar-refractivity contribution in [2.75, 3.05) is 5.73 Å². The fourth-order valence-electron chi connectivity index (χ4n) is 4.47. The summed E-state index contributed by atoms with van der Waals surface area (Å²) in [4.78, 5) is 17.1. The Kier molecular flexibility index (Phi) is 4.68. The fraction of sp³-hybridized carbons (Fsp3) is 0.154. The maximum atomic E-state index is 13.5. The molecule has 0 unspecified atom stereocenters. The largest absolute Gasteiger partial charge is 0.396 e. The smallest absolute Gasteiger partial charge is 0.211 e. The number of anilines is 1. The van der Waals surface area contributed by atoms with Gasteiger partial charge in [0.15, 0.2) is 0 Å². The van der Waals surface area contributed by atoms with E-state index in [0.29, 0.717) is 22.5 Å². The summed E-state index contributed by atoms with van der Waals surface area (Å²) in [7, 11) is 0. The highest BCUT2D eigenvalue weighted by Crippen LogP contribution is 2.38. The van der Waals surface area contributed by atoms with Crippen molar-refractivity contribution in [1.29, 1.82) is 5.26 Å². The van der Waals surface area contributed by atoms with Crippen LogP contribution >= 0.6 is 0 Å². The number of nitrogens with zero attached hydrogens (tertiary/aromatic N) is 2. The number of nitrogens with two attached hydrogens (primary N) is 1. The van der Waals surface area contributed by atoms with Crippen LogP contribution in [0.2, 0.25) is 0 Å². The first kappa shape index (κ1) is 19.0. The summed E-state index contributed by atoms with van der Waals surface area (Å²) in [6.07, 6.45) is 4.33. The first-order valence-electron chi connectivity index (χ1n) is 10.5. The van der Waals surface area contributed by atoms with Crippen LogP contribution in [0.5, 0.6) is 0 Å². The number of nitrogen functional groups attached to an aromatic ring is 1. The van der Waals surface area contributed by atoms with Crippen molar-refractivity contribution < 1.29 is 4.79 Å². The van der Waals surface area contributed by atoms with Crippen LogP contribution in [0.15, 0.2) is 66.7 Å². The molecule has 1 aliphatic rings. The van der Waals surface area contributed by atoms with E-state index in [1.807, 2.05) is 53.1 Å². The van der Waals surface area contributed by atoms with Crippen molar-refractivity contribution in [3.05, 3.63) is 94.8 Å². The van der Waals surface area contributed by atoms with Crippen LogP contribution in [0, 0.1) is 11.3 Å².